The fourth-order valence-corrected chi connectivity index (χ4v) is 4.31. The summed E-state index contributed by atoms with van der Waals surface area (Å²) in [6, 6.07) is 22.7. The first-order valence-electron chi connectivity index (χ1n) is 10.4. The highest BCUT2D eigenvalue weighted by Gasteiger charge is 2.20. The third kappa shape index (κ3) is 5.43. The second-order valence-corrected chi connectivity index (χ2v) is 7.51. The molecule has 0 spiro atoms. The van der Waals surface area contributed by atoms with E-state index in [9.17, 15) is 0 Å². The van der Waals surface area contributed by atoms with Crippen LogP contribution >= 0.6 is 0 Å². The average molecular weight is 351 g/mol. The molecule has 0 bridgehead atoms. The topological polar surface area (TPSA) is 15.3 Å². The summed E-state index contributed by atoms with van der Waals surface area (Å²) in [7, 11) is 0. The maximum absolute atomic E-state index is 3.71. The molecule has 1 aliphatic rings. The molecule has 1 N–H and O–H groups in total. The highest BCUT2D eigenvalue weighted by Crippen LogP contribution is 2.27. The van der Waals surface area contributed by atoms with E-state index in [4.69, 9.17) is 0 Å². The Labute approximate surface area is 159 Å². The molecule has 0 aromatic heterocycles. The van der Waals surface area contributed by atoms with Crippen molar-refractivity contribution in [2.45, 2.75) is 51.0 Å². The normalized spacial score (nSPS) is 18.3. The van der Waals surface area contributed by atoms with Crippen molar-refractivity contribution in [2.75, 3.05) is 26.2 Å². The van der Waals surface area contributed by atoms with Crippen LogP contribution in [0.5, 0.6) is 0 Å². The van der Waals surface area contributed by atoms with Crippen LogP contribution in [-0.2, 0) is 0 Å². The molecular weight excluding hydrogens is 316 g/mol. The summed E-state index contributed by atoms with van der Waals surface area (Å²) in [5.74, 6) is 0.475. The van der Waals surface area contributed by atoms with E-state index in [-0.39, 0.29) is 0 Å². The molecule has 0 aliphatic carbocycles. The van der Waals surface area contributed by atoms with Crippen LogP contribution in [0, 0.1) is 0 Å². The standard InChI is InChI=1S/C24H34N2/c1-2-23-15-9-10-19-26(23)20-18-25-17-16-24(21-11-5-3-6-12-21)22-13-7-4-8-14-22/h3-8,11-14,23-25H,2,9-10,15-20H2,1H3. The molecule has 2 aromatic carbocycles. The Morgan fingerprint density at radius 2 is 1.58 bits per heavy atom. The molecule has 1 atom stereocenters. The van der Waals surface area contributed by atoms with Gasteiger partial charge in [-0.05, 0) is 49.9 Å². The zero-order valence-electron chi connectivity index (χ0n) is 16.2. The Balaban J connectivity index is 1.49. The molecule has 2 aromatic rings. The Morgan fingerprint density at radius 3 is 2.19 bits per heavy atom. The molecule has 2 nitrogen and oxygen atoms in total. The van der Waals surface area contributed by atoms with E-state index < -0.39 is 0 Å². The second kappa shape index (κ2) is 10.5. The van der Waals surface area contributed by atoms with Crippen molar-refractivity contribution >= 4 is 0 Å². The van der Waals surface area contributed by atoms with E-state index in [0.29, 0.717) is 5.92 Å². The number of benzene rings is 2. The Kier molecular flexibility index (Phi) is 7.72. The van der Waals surface area contributed by atoms with E-state index in [1.165, 1.54) is 49.9 Å². The largest absolute Gasteiger partial charge is 0.315 e. The van der Waals surface area contributed by atoms with Crippen LogP contribution in [-0.4, -0.2) is 37.1 Å². The summed E-state index contributed by atoms with van der Waals surface area (Å²) in [4.78, 5) is 2.70. The van der Waals surface area contributed by atoms with Crippen LogP contribution in [0.2, 0.25) is 0 Å². The van der Waals surface area contributed by atoms with Gasteiger partial charge in [0.1, 0.15) is 0 Å². The zero-order chi connectivity index (χ0) is 18.0. The third-order valence-electron chi connectivity index (χ3n) is 5.81. The molecule has 26 heavy (non-hydrogen) atoms. The van der Waals surface area contributed by atoms with Crippen LogP contribution in [0.1, 0.15) is 56.1 Å². The minimum absolute atomic E-state index is 0.475. The Hall–Kier alpha value is -1.64. The smallest absolute Gasteiger partial charge is 0.0110 e. The maximum atomic E-state index is 3.71. The van der Waals surface area contributed by atoms with Crippen molar-refractivity contribution in [1.29, 1.82) is 0 Å². The van der Waals surface area contributed by atoms with Gasteiger partial charge >= 0.3 is 0 Å². The first kappa shape index (κ1) is 19.1. The molecule has 1 aliphatic heterocycles. The van der Waals surface area contributed by atoms with Gasteiger partial charge in [-0.25, -0.2) is 0 Å². The molecular formula is C24H34N2. The number of piperidine rings is 1. The van der Waals surface area contributed by atoms with Gasteiger partial charge in [0.05, 0.1) is 0 Å². The lowest BCUT2D eigenvalue weighted by molar-refractivity contribution is 0.145. The van der Waals surface area contributed by atoms with Gasteiger partial charge in [-0.15, -0.1) is 0 Å². The summed E-state index contributed by atoms with van der Waals surface area (Å²) >= 11 is 0. The molecule has 2 heteroatoms. The molecule has 3 rings (SSSR count). The first-order chi connectivity index (χ1) is 12.9. The fourth-order valence-electron chi connectivity index (χ4n) is 4.31. The summed E-state index contributed by atoms with van der Waals surface area (Å²) in [5.41, 5.74) is 2.84. The number of likely N-dealkylation sites (tertiary alicyclic amines) is 1. The summed E-state index contributed by atoms with van der Waals surface area (Å²) in [5, 5.41) is 3.71. The van der Waals surface area contributed by atoms with E-state index in [1.807, 2.05) is 0 Å². The first-order valence-corrected chi connectivity index (χ1v) is 10.4. The van der Waals surface area contributed by atoms with Crippen molar-refractivity contribution in [3.8, 4) is 0 Å². The van der Waals surface area contributed by atoms with Gasteiger partial charge in [0.2, 0.25) is 0 Å². The summed E-state index contributed by atoms with van der Waals surface area (Å²) in [6.45, 7) is 6.99. The summed E-state index contributed by atoms with van der Waals surface area (Å²) in [6.07, 6.45) is 6.62. The number of rotatable bonds is 9. The lowest BCUT2D eigenvalue weighted by atomic mass is 9.88. The molecule has 1 saturated heterocycles. The zero-order valence-corrected chi connectivity index (χ0v) is 16.2. The summed E-state index contributed by atoms with van der Waals surface area (Å²) < 4.78 is 0. The van der Waals surface area contributed by atoms with Gasteiger partial charge in [0.25, 0.3) is 0 Å². The van der Waals surface area contributed by atoms with Crippen LogP contribution in [0.25, 0.3) is 0 Å². The number of nitrogens with one attached hydrogen (secondary N) is 1. The van der Waals surface area contributed by atoms with E-state index in [1.54, 1.807) is 0 Å². The lowest BCUT2D eigenvalue weighted by Crippen LogP contribution is -2.42. The van der Waals surface area contributed by atoms with Gasteiger partial charge in [-0.1, -0.05) is 74.0 Å². The van der Waals surface area contributed by atoms with Crippen molar-refractivity contribution in [3.05, 3.63) is 71.8 Å². The molecule has 1 heterocycles. The van der Waals surface area contributed by atoms with Crippen molar-refractivity contribution in [3.63, 3.8) is 0 Å². The minimum atomic E-state index is 0.475. The number of hydrogen-bond acceptors (Lipinski definition) is 2. The number of nitrogens with zero attached hydrogens (tertiary/aromatic N) is 1. The predicted molar refractivity (Wildman–Crippen MR) is 112 cm³/mol. The Bertz CT molecular complexity index is 571. The highest BCUT2D eigenvalue weighted by atomic mass is 15.2. The van der Waals surface area contributed by atoms with Gasteiger partial charge in [0.15, 0.2) is 0 Å². The van der Waals surface area contributed by atoms with E-state index >= 15 is 0 Å². The lowest BCUT2D eigenvalue weighted by Gasteiger charge is -2.35. The minimum Gasteiger partial charge on any atom is -0.315 e. The molecule has 1 unspecified atom stereocenters. The molecule has 1 fully saturated rings. The molecule has 0 saturated carbocycles. The fraction of sp³-hybridized carbons (Fsp3) is 0.500. The Morgan fingerprint density at radius 1 is 0.923 bits per heavy atom. The second-order valence-electron chi connectivity index (χ2n) is 7.51. The van der Waals surface area contributed by atoms with Crippen molar-refractivity contribution < 1.29 is 0 Å². The van der Waals surface area contributed by atoms with E-state index in [0.717, 1.165) is 25.6 Å². The SMILES string of the molecule is CCC1CCCCN1CCNCCC(c1ccccc1)c1ccccc1. The van der Waals surface area contributed by atoms with Crippen molar-refractivity contribution in [2.24, 2.45) is 0 Å². The van der Waals surface area contributed by atoms with Crippen LogP contribution in [0.4, 0.5) is 0 Å². The van der Waals surface area contributed by atoms with Gasteiger partial charge < -0.3 is 5.32 Å². The van der Waals surface area contributed by atoms with Crippen molar-refractivity contribution in [1.82, 2.24) is 10.2 Å². The average Bonchev–Trinajstić information content (AvgIpc) is 2.72. The predicted octanol–water partition coefficient (Wildman–Crippen LogP) is 5.06. The maximum Gasteiger partial charge on any atom is 0.0110 e. The van der Waals surface area contributed by atoms with Crippen LogP contribution < -0.4 is 5.32 Å². The molecule has 0 amide bonds. The van der Waals surface area contributed by atoms with Crippen LogP contribution in [0.15, 0.2) is 60.7 Å². The monoisotopic (exact) mass is 350 g/mol. The van der Waals surface area contributed by atoms with Crippen LogP contribution in [0.3, 0.4) is 0 Å². The molecule has 140 valence electrons. The number of hydrogen-bond donors (Lipinski definition) is 1. The van der Waals surface area contributed by atoms with Gasteiger partial charge in [-0.2, -0.15) is 0 Å². The van der Waals surface area contributed by atoms with Gasteiger partial charge in [0, 0.05) is 25.0 Å². The highest BCUT2D eigenvalue weighted by molar-refractivity contribution is 5.32. The third-order valence-corrected chi connectivity index (χ3v) is 5.81. The molecule has 0 radical (unpaired) electrons. The van der Waals surface area contributed by atoms with E-state index in [2.05, 4.69) is 77.8 Å². The van der Waals surface area contributed by atoms with Gasteiger partial charge in [-0.3, -0.25) is 4.90 Å². The quantitative estimate of drug-likeness (QED) is 0.636.